The van der Waals surface area contributed by atoms with Crippen molar-refractivity contribution in [2.24, 2.45) is 0 Å². The van der Waals surface area contributed by atoms with Gasteiger partial charge < -0.3 is 14.8 Å². The van der Waals surface area contributed by atoms with E-state index in [1.54, 1.807) is 7.11 Å². The average molecular weight is 338 g/mol. The molecule has 5 nitrogen and oxygen atoms in total. The monoisotopic (exact) mass is 337 g/mol. The predicted octanol–water partition coefficient (Wildman–Crippen LogP) is 3.70. The van der Waals surface area contributed by atoms with Gasteiger partial charge in [-0.2, -0.15) is 4.98 Å². The Kier molecular flexibility index (Phi) is 4.44. The zero-order valence-electron chi connectivity index (χ0n) is 11.8. The van der Waals surface area contributed by atoms with Gasteiger partial charge in [-0.05, 0) is 48.0 Å². The highest BCUT2D eigenvalue weighted by Crippen LogP contribution is 2.34. The van der Waals surface area contributed by atoms with E-state index in [0.29, 0.717) is 17.5 Å². The largest absolute Gasteiger partial charge is 0.497 e. The van der Waals surface area contributed by atoms with Crippen LogP contribution in [0.3, 0.4) is 0 Å². The van der Waals surface area contributed by atoms with Crippen LogP contribution in [0.1, 0.15) is 11.4 Å². The molecule has 0 unspecified atom stereocenters. The number of rotatable bonds is 4. The number of aryl methyl sites for hydroxylation is 1. The Labute approximate surface area is 126 Å². The topological polar surface area (TPSA) is 56.3 Å². The fourth-order valence-corrected chi connectivity index (χ4v) is 2.18. The summed E-state index contributed by atoms with van der Waals surface area (Å²) in [4.78, 5) is 8.64. The summed E-state index contributed by atoms with van der Waals surface area (Å²) in [6.45, 7) is 3.74. The molecule has 1 N–H and O–H groups in total. The number of methoxy groups -OCH3 is 1. The molecule has 0 fully saturated rings. The molecule has 2 rings (SSSR count). The fourth-order valence-electron chi connectivity index (χ4n) is 1.74. The van der Waals surface area contributed by atoms with Crippen LogP contribution in [-0.4, -0.2) is 24.1 Å². The van der Waals surface area contributed by atoms with Gasteiger partial charge in [0.05, 0.1) is 17.1 Å². The second-order valence-corrected chi connectivity index (χ2v) is 5.05. The Morgan fingerprint density at radius 1 is 1.20 bits per heavy atom. The molecule has 1 aromatic carbocycles. The van der Waals surface area contributed by atoms with E-state index in [2.05, 4.69) is 31.2 Å². The Morgan fingerprint density at radius 3 is 2.55 bits per heavy atom. The van der Waals surface area contributed by atoms with Gasteiger partial charge in [-0.15, -0.1) is 0 Å². The molecule has 20 heavy (non-hydrogen) atoms. The van der Waals surface area contributed by atoms with Crippen molar-refractivity contribution >= 4 is 21.7 Å². The molecule has 0 aliphatic rings. The molecule has 0 atom stereocenters. The van der Waals surface area contributed by atoms with Gasteiger partial charge in [0, 0.05) is 7.05 Å². The first kappa shape index (κ1) is 14.6. The van der Waals surface area contributed by atoms with E-state index in [1.165, 1.54) is 0 Å². The zero-order valence-corrected chi connectivity index (χ0v) is 13.4. The Hall–Kier alpha value is -1.82. The van der Waals surface area contributed by atoms with E-state index in [0.717, 1.165) is 21.6 Å². The Bertz CT molecular complexity index is 632. The summed E-state index contributed by atoms with van der Waals surface area (Å²) in [5.41, 5.74) is 0.862. The summed E-state index contributed by atoms with van der Waals surface area (Å²) < 4.78 is 11.8. The smallest absolute Gasteiger partial charge is 0.227 e. The highest BCUT2D eigenvalue weighted by molar-refractivity contribution is 9.10. The lowest BCUT2D eigenvalue weighted by Crippen LogP contribution is -2.03. The van der Waals surface area contributed by atoms with Crippen LogP contribution in [-0.2, 0) is 0 Å². The number of ether oxygens (including phenoxy) is 2. The van der Waals surface area contributed by atoms with E-state index in [-0.39, 0.29) is 0 Å². The minimum atomic E-state index is 0.535. The predicted molar refractivity (Wildman–Crippen MR) is 81.8 cm³/mol. The molecule has 0 amide bonds. The number of aromatic nitrogens is 2. The first-order chi connectivity index (χ1) is 9.55. The zero-order chi connectivity index (χ0) is 14.7. The number of halogens is 1. The molecule has 1 heterocycles. The molecule has 6 heteroatoms. The summed E-state index contributed by atoms with van der Waals surface area (Å²) in [5, 5.41) is 3.03. The summed E-state index contributed by atoms with van der Waals surface area (Å²) in [7, 11) is 3.45. The minimum Gasteiger partial charge on any atom is -0.497 e. The van der Waals surface area contributed by atoms with Crippen LogP contribution < -0.4 is 14.8 Å². The normalized spacial score (nSPS) is 10.2. The number of hydrogen-bond donors (Lipinski definition) is 1. The van der Waals surface area contributed by atoms with Gasteiger partial charge in [-0.3, -0.25) is 0 Å². The standard InChI is InChI=1S/C14H16BrN3O2/c1-8-13(16-3)17-9(2)18-14(8)20-12-6-5-10(19-4)7-11(12)15/h5-7H,1-4H3,(H,16,17,18). The average Bonchev–Trinajstić information content (AvgIpc) is 2.44. The molecule has 1 aromatic heterocycles. The molecule has 0 saturated heterocycles. The third-order valence-electron chi connectivity index (χ3n) is 2.80. The van der Waals surface area contributed by atoms with Crippen molar-refractivity contribution in [2.75, 3.05) is 19.5 Å². The van der Waals surface area contributed by atoms with Crippen molar-refractivity contribution in [1.82, 2.24) is 9.97 Å². The van der Waals surface area contributed by atoms with Gasteiger partial charge in [-0.1, -0.05) is 0 Å². The van der Waals surface area contributed by atoms with E-state index < -0.39 is 0 Å². The van der Waals surface area contributed by atoms with E-state index >= 15 is 0 Å². The second kappa shape index (κ2) is 6.09. The van der Waals surface area contributed by atoms with Gasteiger partial charge in [0.2, 0.25) is 5.88 Å². The highest BCUT2D eigenvalue weighted by Gasteiger charge is 2.12. The molecule has 2 aromatic rings. The SMILES string of the molecule is CNc1nc(C)nc(Oc2ccc(OC)cc2Br)c1C. The van der Waals surface area contributed by atoms with Gasteiger partial charge in [0.25, 0.3) is 0 Å². The summed E-state index contributed by atoms with van der Waals surface area (Å²) in [6.07, 6.45) is 0. The number of benzene rings is 1. The number of anilines is 1. The molecule has 106 valence electrons. The summed E-state index contributed by atoms with van der Waals surface area (Å²) >= 11 is 3.46. The fraction of sp³-hybridized carbons (Fsp3) is 0.286. The molecule has 0 aliphatic heterocycles. The van der Waals surface area contributed by atoms with Crippen molar-refractivity contribution in [1.29, 1.82) is 0 Å². The van der Waals surface area contributed by atoms with Crippen LogP contribution in [0.2, 0.25) is 0 Å². The maximum absolute atomic E-state index is 5.87. The number of nitrogens with zero attached hydrogens (tertiary/aromatic N) is 2. The number of hydrogen-bond acceptors (Lipinski definition) is 5. The van der Waals surface area contributed by atoms with Crippen molar-refractivity contribution < 1.29 is 9.47 Å². The van der Waals surface area contributed by atoms with Gasteiger partial charge >= 0.3 is 0 Å². The first-order valence-corrected chi connectivity index (χ1v) is 6.89. The molecule has 0 saturated carbocycles. The minimum absolute atomic E-state index is 0.535. The maximum Gasteiger partial charge on any atom is 0.227 e. The van der Waals surface area contributed by atoms with E-state index in [4.69, 9.17) is 9.47 Å². The van der Waals surface area contributed by atoms with Crippen LogP contribution in [0.4, 0.5) is 5.82 Å². The summed E-state index contributed by atoms with van der Waals surface area (Å²) in [6, 6.07) is 5.51. The van der Waals surface area contributed by atoms with Crippen molar-refractivity contribution in [2.45, 2.75) is 13.8 Å². The molecule has 0 bridgehead atoms. The maximum atomic E-state index is 5.87. The first-order valence-electron chi connectivity index (χ1n) is 6.09. The third kappa shape index (κ3) is 3.01. The van der Waals surface area contributed by atoms with Crippen LogP contribution >= 0.6 is 15.9 Å². The van der Waals surface area contributed by atoms with Crippen molar-refractivity contribution in [3.63, 3.8) is 0 Å². The second-order valence-electron chi connectivity index (χ2n) is 4.20. The van der Waals surface area contributed by atoms with Crippen LogP contribution in [0.5, 0.6) is 17.4 Å². The molecular formula is C14H16BrN3O2. The summed E-state index contributed by atoms with van der Waals surface area (Å²) in [5.74, 6) is 3.38. The van der Waals surface area contributed by atoms with Crippen LogP contribution in [0.25, 0.3) is 0 Å². The van der Waals surface area contributed by atoms with E-state index in [1.807, 2.05) is 39.1 Å². The van der Waals surface area contributed by atoms with Crippen LogP contribution in [0, 0.1) is 13.8 Å². The molecule has 0 aliphatic carbocycles. The van der Waals surface area contributed by atoms with Gasteiger partial charge in [0.1, 0.15) is 23.1 Å². The Morgan fingerprint density at radius 2 is 1.95 bits per heavy atom. The van der Waals surface area contributed by atoms with Gasteiger partial charge in [-0.25, -0.2) is 4.98 Å². The van der Waals surface area contributed by atoms with Crippen LogP contribution in [0.15, 0.2) is 22.7 Å². The third-order valence-corrected chi connectivity index (χ3v) is 3.42. The Balaban J connectivity index is 2.37. The van der Waals surface area contributed by atoms with Crippen molar-refractivity contribution in [3.8, 4) is 17.4 Å². The lowest BCUT2D eigenvalue weighted by molar-refractivity contribution is 0.411. The molecule has 0 spiro atoms. The van der Waals surface area contributed by atoms with E-state index in [9.17, 15) is 0 Å². The van der Waals surface area contributed by atoms with Gasteiger partial charge in [0.15, 0.2) is 0 Å². The van der Waals surface area contributed by atoms with Crippen molar-refractivity contribution in [3.05, 3.63) is 34.1 Å². The number of nitrogens with one attached hydrogen (secondary N) is 1. The lowest BCUT2D eigenvalue weighted by Gasteiger charge is -2.13. The highest BCUT2D eigenvalue weighted by atomic mass is 79.9. The quantitative estimate of drug-likeness (QED) is 0.921. The molecule has 0 radical (unpaired) electrons. The molecular weight excluding hydrogens is 322 g/mol. The lowest BCUT2D eigenvalue weighted by atomic mass is 10.3.